The molecule has 10 heteroatoms. The second-order valence-corrected chi connectivity index (χ2v) is 8.50. The van der Waals surface area contributed by atoms with Gasteiger partial charge in [0, 0.05) is 24.2 Å². The molecule has 5 rings (SSSR count). The molecule has 1 aromatic carbocycles. The summed E-state index contributed by atoms with van der Waals surface area (Å²) < 4.78 is 23.9. The van der Waals surface area contributed by atoms with Gasteiger partial charge >= 0.3 is 0 Å². The van der Waals surface area contributed by atoms with Crippen molar-refractivity contribution in [1.82, 2.24) is 29.3 Å². The molecule has 0 radical (unpaired) electrons. The highest BCUT2D eigenvalue weighted by atomic mass is 19.1. The third-order valence-corrected chi connectivity index (χ3v) is 5.74. The van der Waals surface area contributed by atoms with Gasteiger partial charge in [-0.3, -0.25) is 4.79 Å². The maximum atomic E-state index is 14.9. The van der Waals surface area contributed by atoms with Crippen molar-refractivity contribution in [2.45, 2.75) is 38.6 Å². The van der Waals surface area contributed by atoms with Crippen LogP contribution in [0.2, 0.25) is 0 Å². The number of hydrogen-bond acceptors (Lipinski definition) is 6. The number of anilines is 1. The van der Waals surface area contributed by atoms with E-state index < -0.39 is 11.7 Å². The normalized spacial score (nSPS) is 13.3. The van der Waals surface area contributed by atoms with Crippen molar-refractivity contribution in [3.05, 3.63) is 66.3 Å². The van der Waals surface area contributed by atoms with Crippen molar-refractivity contribution in [2.75, 3.05) is 12.4 Å². The molecule has 1 aliphatic rings. The zero-order valence-electron chi connectivity index (χ0n) is 19.1. The SMILES string of the molecule is COc1cc(F)c(C(=O)Nc2cccc(-c3nncn3C(C)C)n2)cc1-n1cnc(C2CC2)c1. The number of methoxy groups -OCH3 is 1. The fourth-order valence-electron chi connectivity index (χ4n) is 3.76. The molecule has 0 atom stereocenters. The van der Waals surface area contributed by atoms with E-state index in [4.69, 9.17) is 4.74 Å². The van der Waals surface area contributed by atoms with Crippen LogP contribution in [-0.2, 0) is 0 Å². The highest BCUT2D eigenvalue weighted by Gasteiger charge is 2.26. The molecule has 3 heterocycles. The summed E-state index contributed by atoms with van der Waals surface area (Å²) in [6, 6.07) is 7.97. The summed E-state index contributed by atoms with van der Waals surface area (Å²) in [7, 11) is 1.46. The van der Waals surface area contributed by atoms with Crippen LogP contribution < -0.4 is 10.1 Å². The minimum absolute atomic E-state index is 0.130. The van der Waals surface area contributed by atoms with Crippen LogP contribution in [0, 0.1) is 5.82 Å². The number of carbonyl (C=O) groups excluding carboxylic acids is 1. The first-order chi connectivity index (χ1) is 16.4. The minimum Gasteiger partial charge on any atom is -0.494 e. The lowest BCUT2D eigenvalue weighted by molar-refractivity contribution is 0.102. The van der Waals surface area contributed by atoms with Crippen molar-refractivity contribution < 1.29 is 13.9 Å². The zero-order chi connectivity index (χ0) is 23.8. The zero-order valence-corrected chi connectivity index (χ0v) is 19.1. The summed E-state index contributed by atoms with van der Waals surface area (Å²) in [5.74, 6) is 0.305. The Morgan fingerprint density at radius 1 is 1.24 bits per heavy atom. The number of amides is 1. The number of nitrogens with zero attached hydrogens (tertiary/aromatic N) is 6. The fraction of sp³-hybridized carbons (Fsp3) is 0.292. The number of ether oxygens (including phenoxy) is 1. The number of imidazole rings is 1. The Morgan fingerprint density at radius 2 is 2.06 bits per heavy atom. The summed E-state index contributed by atoms with van der Waals surface area (Å²) in [5, 5.41) is 10.8. The third kappa shape index (κ3) is 4.14. The summed E-state index contributed by atoms with van der Waals surface area (Å²) in [5.41, 5.74) is 1.92. The van der Waals surface area contributed by atoms with Gasteiger partial charge in [0.05, 0.1) is 30.4 Å². The summed E-state index contributed by atoms with van der Waals surface area (Å²) in [6.45, 7) is 4.02. The minimum atomic E-state index is -0.698. The first kappa shape index (κ1) is 21.7. The van der Waals surface area contributed by atoms with Crippen LogP contribution in [0.4, 0.5) is 10.2 Å². The summed E-state index contributed by atoms with van der Waals surface area (Å²) in [6.07, 6.45) is 7.41. The standard InChI is InChI=1S/C24H24FN7O2/c1-14(2)32-13-27-30-23(32)18-5-4-6-22(28-18)29-24(33)16-9-20(21(34-3)10-17(16)25)31-11-19(26-12-31)15-7-8-15/h4-6,9-15H,7-8H2,1-3H3,(H,28,29,33). The lowest BCUT2D eigenvalue weighted by Gasteiger charge is -2.13. The molecule has 0 saturated heterocycles. The number of carbonyl (C=O) groups is 1. The van der Waals surface area contributed by atoms with Gasteiger partial charge in [-0.25, -0.2) is 14.4 Å². The van der Waals surface area contributed by atoms with Crippen LogP contribution in [0.15, 0.2) is 49.2 Å². The Hall–Kier alpha value is -4.08. The molecule has 9 nitrogen and oxygen atoms in total. The number of benzene rings is 1. The van der Waals surface area contributed by atoms with Crippen LogP contribution in [0.5, 0.6) is 5.75 Å². The van der Waals surface area contributed by atoms with E-state index in [1.54, 1.807) is 35.4 Å². The molecule has 1 amide bonds. The number of nitrogens with one attached hydrogen (secondary N) is 1. The van der Waals surface area contributed by atoms with E-state index in [9.17, 15) is 9.18 Å². The third-order valence-electron chi connectivity index (χ3n) is 5.74. The van der Waals surface area contributed by atoms with Gasteiger partial charge in [-0.15, -0.1) is 10.2 Å². The first-order valence-electron chi connectivity index (χ1n) is 11.0. The fourth-order valence-corrected chi connectivity index (χ4v) is 3.76. The number of hydrogen-bond donors (Lipinski definition) is 1. The van der Waals surface area contributed by atoms with Gasteiger partial charge < -0.3 is 19.2 Å². The van der Waals surface area contributed by atoms with Crippen molar-refractivity contribution >= 4 is 11.7 Å². The van der Waals surface area contributed by atoms with Crippen molar-refractivity contribution in [3.63, 3.8) is 0 Å². The van der Waals surface area contributed by atoms with Crippen LogP contribution in [-0.4, -0.2) is 42.3 Å². The van der Waals surface area contributed by atoms with E-state index in [0.29, 0.717) is 28.9 Å². The number of halogens is 1. The second kappa shape index (κ2) is 8.69. The molecule has 1 N–H and O–H groups in total. The molecule has 3 aromatic heterocycles. The van der Waals surface area contributed by atoms with Crippen molar-refractivity contribution in [2.24, 2.45) is 0 Å². The van der Waals surface area contributed by atoms with E-state index >= 15 is 0 Å². The molecule has 1 aliphatic carbocycles. The van der Waals surface area contributed by atoms with Gasteiger partial charge in [0.15, 0.2) is 5.82 Å². The van der Waals surface area contributed by atoms with E-state index in [0.717, 1.165) is 18.5 Å². The van der Waals surface area contributed by atoms with Gasteiger partial charge in [-0.05, 0) is 44.9 Å². The van der Waals surface area contributed by atoms with E-state index in [-0.39, 0.29) is 17.4 Å². The molecule has 174 valence electrons. The molecule has 1 fully saturated rings. The number of pyridine rings is 1. The van der Waals surface area contributed by atoms with Crippen LogP contribution in [0.25, 0.3) is 17.2 Å². The van der Waals surface area contributed by atoms with Crippen LogP contribution in [0.1, 0.15) is 54.7 Å². The molecule has 0 aliphatic heterocycles. The largest absolute Gasteiger partial charge is 0.494 e. The first-order valence-corrected chi connectivity index (χ1v) is 11.0. The van der Waals surface area contributed by atoms with E-state index in [2.05, 4.69) is 25.5 Å². The van der Waals surface area contributed by atoms with Gasteiger partial charge in [-0.2, -0.15) is 0 Å². The Balaban J connectivity index is 1.44. The number of aromatic nitrogens is 6. The van der Waals surface area contributed by atoms with E-state index in [1.807, 2.05) is 24.6 Å². The van der Waals surface area contributed by atoms with Gasteiger partial charge in [0.2, 0.25) is 0 Å². The molecule has 0 spiro atoms. The lowest BCUT2D eigenvalue weighted by atomic mass is 10.1. The smallest absolute Gasteiger partial charge is 0.259 e. The molecule has 34 heavy (non-hydrogen) atoms. The average Bonchev–Trinajstić information content (AvgIpc) is 3.34. The molecule has 1 saturated carbocycles. The van der Waals surface area contributed by atoms with Gasteiger partial charge in [0.1, 0.15) is 29.4 Å². The van der Waals surface area contributed by atoms with Crippen molar-refractivity contribution in [1.29, 1.82) is 0 Å². The van der Waals surface area contributed by atoms with Gasteiger partial charge in [-0.1, -0.05) is 6.07 Å². The predicted molar refractivity (Wildman–Crippen MR) is 124 cm³/mol. The number of rotatable bonds is 7. The Kier molecular flexibility index (Phi) is 5.56. The maximum absolute atomic E-state index is 14.9. The molecule has 0 bridgehead atoms. The topological polar surface area (TPSA) is 99.7 Å². The average molecular weight is 462 g/mol. The van der Waals surface area contributed by atoms with Crippen molar-refractivity contribution in [3.8, 4) is 23.0 Å². The Labute approximate surface area is 195 Å². The lowest BCUT2D eigenvalue weighted by Crippen LogP contribution is -2.16. The molecule has 0 unspecified atom stereocenters. The van der Waals surface area contributed by atoms with E-state index in [1.165, 1.54) is 19.2 Å². The molecular weight excluding hydrogens is 437 g/mol. The maximum Gasteiger partial charge on any atom is 0.259 e. The van der Waals surface area contributed by atoms with Gasteiger partial charge in [0.25, 0.3) is 5.91 Å². The molecular formula is C24H24FN7O2. The Morgan fingerprint density at radius 3 is 2.79 bits per heavy atom. The van der Waals surface area contributed by atoms with Crippen LogP contribution in [0.3, 0.4) is 0 Å². The summed E-state index contributed by atoms with van der Waals surface area (Å²) >= 11 is 0. The summed E-state index contributed by atoms with van der Waals surface area (Å²) in [4.78, 5) is 21.9. The quantitative estimate of drug-likeness (QED) is 0.438. The Bertz CT molecular complexity index is 1360. The monoisotopic (exact) mass is 461 g/mol. The molecule has 4 aromatic rings. The second-order valence-electron chi connectivity index (χ2n) is 8.50. The predicted octanol–water partition coefficient (Wildman–Crippen LogP) is 4.38. The van der Waals surface area contributed by atoms with Crippen LogP contribution >= 0.6 is 0 Å². The highest BCUT2D eigenvalue weighted by molar-refractivity contribution is 6.04. The highest BCUT2D eigenvalue weighted by Crippen LogP contribution is 2.39.